The zero-order valence-electron chi connectivity index (χ0n) is 15.2. The third-order valence-corrected chi connectivity index (χ3v) is 5.27. The van der Waals surface area contributed by atoms with E-state index in [4.69, 9.17) is 23.2 Å². The van der Waals surface area contributed by atoms with Gasteiger partial charge in [-0.1, -0.05) is 35.3 Å². The number of hydrogen-bond donors (Lipinski definition) is 2. The molecule has 0 radical (unpaired) electrons. The van der Waals surface area contributed by atoms with Crippen molar-refractivity contribution in [2.45, 2.75) is 13.1 Å². The van der Waals surface area contributed by atoms with E-state index in [0.717, 1.165) is 16.1 Å². The number of hydrogen-bond acceptors (Lipinski definition) is 3. The number of halogens is 5. The molecule has 2 N–H and O–H groups in total. The van der Waals surface area contributed by atoms with E-state index in [-0.39, 0.29) is 43.8 Å². The summed E-state index contributed by atoms with van der Waals surface area (Å²) in [6, 6.07) is 9.66. The Morgan fingerprint density at radius 2 is 1.80 bits per heavy atom. The highest BCUT2D eigenvalue weighted by Crippen LogP contribution is 2.41. The number of fused-ring (bicyclic) bond motifs is 1. The molecule has 4 rings (SSSR count). The Kier molecular flexibility index (Phi) is 4.79. The zero-order chi connectivity index (χ0) is 21.8. The molecule has 5 nitrogen and oxygen atoms in total. The molecule has 4 aromatic rings. The molecule has 0 bridgehead atoms. The summed E-state index contributed by atoms with van der Waals surface area (Å²) in [5.74, 6) is -0.193. The van der Waals surface area contributed by atoms with Crippen molar-refractivity contribution in [3.05, 3.63) is 74.1 Å². The van der Waals surface area contributed by atoms with Gasteiger partial charge in [0, 0.05) is 11.6 Å². The Hall–Kier alpha value is -2.97. The second kappa shape index (κ2) is 7.07. The van der Waals surface area contributed by atoms with E-state index in [1.165, 1.54) is 30.3 Å². The molecule has 0 amide bonds. The number of aromatic amines is 1. The first-order valence-corrected chi connectivity index (χ1v) is 9.30. The van der Waals surface area contributed by atoms with Crippen LogP contribution in [0.15, 0.2) is 47.3 Å². The topological polar surface area (TPSA) is 70.4 Å². The molecule has 154 valence electrons. The lowest BCUT2D eigenvalue weighted by molar-refractivity contribution is -0.140. The number of nitrogens with zero attached hydrogens (tertiary/aromatic N) is 2. The fourth-order valence-electron chi connectivity index (χ4n) is 3.22. The number of benzene rings is 2. The molecule has 0 aliphatic rings. The number of H-pyrrole nitrogens is 1. The lowest BCUT2D eigenvalue weighted by Crippen LogP contribution is -2.10. The van der Waals surface area contributed by atoms with Crippen LogP contribution in [0.5, 0.6) is 5.75 Å². The van der Waals surface area contributed by atoms with Gasteiger partial charge in [0.05, 0.1) is 21.3 Å². The van der Waals surface area contributed by atoms with E-state index in [1.807, 2.05) is 0 Å². The van der Waals surface area contributed by atoms with Gasteiger partial charge >= 0.3 is 6.18 Å². The van der Waals surface area contributed by atoms with Gasteiger partial charge < -0.3 is 10.1 Å². The standard InChI is InChI=1S/C20H12Cl2F3N3O2/c1-9-2-4-11(15(29)6-9)14-8-16(30)26-19-17(10-3-5-12(21)13(22)7-10)18(20(23,24)25)27-28(14)19/h2-8,29H,1H3,(H,26,30). The van der Waals surface area contributed by atoms with Gasteiger partial charge in [0.15, 0.2) is 5.69 Å². The average Bonchev–Trinajstić information content (AvgIpc) is 3.03. The van der Waals surface area contributed by atoms with Crippen molar-refractivity contribution in [1.29, 1.82) is 0 Å². The minimum atomic E-state index is -4.82. The highest BCUT2D eigenvalue weighted by Gasteiger charge is 2.39. The van der Waals surface area contributed by atoms with Crippen molar-refractivity contribution in [2.24, 2.45) is 0 Å². The molecule has 10 heteroatoms. The largest absolute Gasteiger partial charge is 0.507 e. The van der Waals surface area contributed by atoms with Gasteiger partial charge in [-0.05, 0) is 42.3 Å². The Balaban J connectivity index is 2.13. The lowest BCUT2D eigenvalue weighted by Gasteiger charge is -2.08. The van der Waals surface area contributed by atoms with E-state index in [1.54, 1.807) is 13.0 Å². The van der Waals surface area contributed by atoms with E-state index >= 15 is 0 Å². The van der Waals surface area contributed by atoms with Crippen LogP contribution in [0.25, 0.3) is 28.0 Å². The van der Waals surface area contributed by atoms with Crippen LogP contribution in [0.4, 0.5) is 13.2 Å². The molecule has 2 aromatic heterocycles. The molecule has 30 heavy (non-hydrogen) atoms. The molecule has 0 aliphatic carbocycles. The molecule has 0 saturated heterocycles. The number of aromatic hydroxyl groups is 1. The predicted molar refractivity (Wildman–Crippen MR) is 108 cm³/mol. The minimum Gasteiger partial charge on any atom is -0.507 e. The van der Waals surface area contributed by atoms with Crippen molar-refractivity contribution in [3.63, 3.8) is 0 Å². The maximum atomic E-state index is 13.8. The Bertz CT molecular complexity index is 1360. The number of aryl methyl sites for hydroxylation is 1. The molecule has 0 spiro atoms. The normalized spacial score (nSPS) is 11.9. The summed E-state index contributed by atoms with van der Waals surface area (Å²) in [7, 11) is 0. The highest BCUT2D eigenvalue weighted by molar-refractivity contribution is 6.42. The minimum absolute atomic E-state index is 0.00283. The summed E-state index contributed by atoms with van der Waals surface area (Å²) >= 11 is 11.9. The van der Waals surface area contributed by atoms with Gasteiger partial charge in [0.2, 0.25) is 0 Å². The molecule has 0 aliphatic heterocycles. The lowest BCUT2D eigenvalue weighted by atomic mass is 10.0. The van der Waals surface area contributed by atoms with Crippen LogP contribution >= 0.6 is 23.2 Å². The molecule has 0 unspecified atom stereocenters. The summed E-state index contributed by atoms with van der Waals surface area (Å²) in [5, 5.41) is 14.3. The summed E-state index contributed by atoms with van der Waals surface area (Å²) < 4.78 is 42.5. The zero-order valence-corrected chi connectivity index (χ0v) is 16.7. The maximum Gasteiger partial charge on any atom is 0.435 e. The first kappa shape index (κ1) is 20.3. The van der Waals surface area contributed by atoms with E-state index < -0.39 is 17.4 Å². The van der Waals surface area contributed by atoms with E-state index in [9.17, 15) is 23.1 Å². The first-order valence-electron chi connectivity index (χ1n) is 8.55. The van der Waals surface area contributed by atoms with Gasteiger partial charge in [-0.25, -0.2) is 4.52 Å². The van der Waals surface area contributed by atoms with Gasteiger partial charge in [-0.3, -0.25) is 4.79 Å². The van der Waals surface area contributed by atoms with Crippen LogP contribution in [-0.4, -0.2) is 19.7 Å². The summed E-state index contributed by atoms with van der Waals surface area (Å²) in [5.41, 5.74) is -1.44. The van der Waals surface area contributed by atoms with Gasteiger partial charge in [0.1, 0.15) is 11.4 Å². The molecular formula is C20H12Cl2F3N3O2. The fourth-order valence-corrected chi connectivity index (χ4v) is 3.52. The summed E-state index contributed by atoms with van der Waals surface area (Å²) in [6.07, 6.45) is -4.82. The fraction of sp³-hybridized carbons (Fsp3) is 0.100. The highest BCUT2D eigenvalue weighted by atomic mass is 35.5. The van der Waals surface area contributed by atoms with Crippen LogP contribution in [-0.2, 0) is 6.18 Å². The van der Waals surface area contributed by atoms with Crippen LogP contribution < -0.4 is 5.56 Å². The monoisotopic (exact) mass is 453 g/mol. The number of rotatable bonds is 2. The molecule has 0 atom stereocenters. The van der Waals surface area contributed by atoms with E-state index in [0.29, 0.717) is 0 Å². The molecular weight excluding hydrogens is 442 g/mol. The van der Waals surface area contributed by atoms with Crippen LogP contribution in [0.1, 0.15) is 11.3 Å². The SMILES string of the molecule is Cc1ccc(-c2cc(=O)[nH]c3c(-c4ccc(Cl)c(Cl)c4)c(C(F)(F)F)nn23)c(O)c1. The smallest absolute Gasteiger partial charge is 0.435 e. The summed E-state index contributed by atoms with van der Waals surface area (Å²) in [6.45, 7) is 1.74. The number of phenols is 1. The summed E-state index contributed by atoms with van der Waals surface area (Å²) in [4.78, 5) is 14.7. The number of aromatic nitrogens is 3. The van der Waals surface area contributed by atoms with Crippen molar-refractivity contribution in [1.82, 2.24) is 14.6 Å². The Morgan fingerprint density at radius 1 is 1.07 bits per heavy atom. The van der Waals surface area contributed by atoms with Crippen molar-refractivity contribution >= 4 is 28.8 Å². The van der Waals surface area contributed by atoms with Crippen LogP contribution in [0.3, 0.4) is 0 Å². The Morgan fingerprint density at radius 3 is 2.43 bits per heavy atom. The number of nitrogens with one attached hydrogen (secondary N) is 1. The van der Waals surface area contributed by atoms with Gasteiger partial charge in [-0.15, -0.1) is 0 Å². The second-order valence-electron chi connectivity index (χ2n) is 6.65. The number of alkyl halides is 3. The third kappa shape index (κ3) is 3.42. The van der Waals surface area contributed by atoms with Crippen LogP contribution in [0, 0.1) is 6.92 Å². The Labute approximate surface area is 177 Å². The average molecular weight is 454 g/mol. The first-order chi connectivity index (χ1) is 14.1. The van der Waals surface area contributed by atoms with Crippen LogP contribution in [0.2, 0.25) is 10.0 Å². The van der Waals surface area contributed by atoms with Crippen molar-refractivity contribution in [3.8, 4) is 28.1 Å². The van der Waals surface area contributed by atoms with Gasteiger partial charge in [-0.2, -0.15) is 18.3 Å². The van der Waals surface area contributed by atoms with Crippen molar-refractivity contribution < 1.29 is 18.3 Å². The quantitative estimate of drug-likeness (QED) is 0.409. The second-order valence-corrected chi connectivity index (χ2v) is 7.46. The molecule has 2 heterocycles. The molecule has 0 saturated carbocycles. The van der Waals surface area contributed by atoms with Gasteiger partial charge in [0.25, 0.3) is 5.56 Å². The molecule has 0 fully saturated rings. The third-order valence-electron chi connectivity index (χ3n) is 4.53. The number of phenolic OH excluding ortho intramolecular Hbond substituents is 1. The predicted octanol–water partition coefficient (Wildman–Crippen LogP) is 5.70. The maximum absolute atomic E-state index is 13.8. The van der Waals surface area contributed by atoms with Crippen molar-refractivity contribution in [2.75, 3.05) is 0 Å². The molecule has 2 aromatic carbocycles. The van der Waals surface area contributed by atoms with E-state index in [2.05, 4.69) is 10.1 Å².